The first-order valence-corrected chi connectivity index (χ1v) is 6.93. The number of carbonyl (C=O) groups excluding carboxylic acids is 2. The van der Waals surface area contributed by atoms with Crippen LogP contribution in [0.3, 0.4) is 0 Å². The maximum absolute atomic E-state index is 11.4. The second-order valence-corrected chi connectivity index (χ2v) is 5.28. The highest BCUT2D eigenvalue weighted by Gasteiger charge is 2.26. The smallest absolute Gasteiger partial charge is 0.329 e. The van der Waals surface area contributed by atoms with Gasteiger partial charge in [0.05, 0.1) is 23.4 Å². The van der Waals surface area contributed by atoms with E-state index in [0.29, 0.717) is 21.4 Å². The molecule has 2 amide bonds. The molecule has 1 aromatic rings. The van der Waals surface area contributed by atoms with Crippen molar-refractivity contribution in [1.29, 1.82) is 0 Å². The van der Waals surface area contributed by atoms with E-state index in [2.05, 4.69) is 15.8 Å². The second-order valence-electron chi connectivity index (χ2n) is 4.46. The van der Waals surface area contributed by atoms with Crippen molar-refractivity contribution >= 4 is 41.2 Å². The van der Waals surface area contributed by atoms with Crippen LogP contribution in [0, 0.1) is 0 Å². The fraction of sp³-hybridized carbons (Fsp3) is 0.308. The zero-order valence-corrected chi connectivity index (χ0v) is 12.7. The number of nitrogens with one attached hydrogen (secondary N) is 2. The Morgan fingerprint density at radius 3 is 2.43 bits per heavy atom. The molecule has 0 heterocycles. The summed E-state index contributed by atoms with van der Waals surface area (Å²) >= 11 is 11.9. The molecule has 1 fully saturated rings. The lowest BCUT2D eigenvalue weighted by Crippen LogP contribution is -2.38. The van der Waals surface area contributed by atoms with Gasteiger partial charge >= 0.3 is 11.8 Å². The number of amides is 2. The van der Waals surface area contributed by atoms with Crippen molar-refractivity contribution in [1.82, 2.24) is 10.7 Å². The van der Waals surface area contributed by atoms with Gasteiger partial charge in [0.15, 0.2) is 5.75 Å². The fourth-order valence-electron chi connectivity index (χ4n) is 1.54. The molecule has 0 aromatic heterocycles. The van der Waals surface area contributed by atoms with Crippen molar-refractivity contribution in [2.45, 2.75) is 18.9 Å². The SMILES string of the molecule is COc1c(Cl)cc(/C=N\NC(=O)C(=O)NC2CC2)cc1Cl. The molecular formula is C13H13Cl2N3O3. The molecule has 1 aromatic carbocycles. The Bertz CT molecular complexity index is 577. The van der Waals surface area contributed by atoms with Crippen LogP contribution < -0.4 is 15.5 Å². The maximum atomic E-state index is 11.4. The number of carbonyl (C=O) groups is 2. The summed E-state index contributed by atoms with van der Waals surface area (Å²) < 4.78 is 5.02. The van der Waals surface area contributed by atoms with Crippen LogP contribution in [0.1, 0.15) is 18.4 Å². The third-order valence-electron chi connectivity index (χ3n) is 2.72. The molecule has 21 heavy (non-hydrogen) atoms. The molecule has 1 aliphatic rings. The number of hydrazone groups is 1. The number of hydrogen-bond acceptors (Lipinski definition) is 4. The Morgan fingerprint density at radius 2 is 1.90 bits per heavy atom. The molecule has 2 N–H and O–H groups in total. The molecule has 0 saturated heterocycles. The lowest BCUT2D eigenvalue weighted by atomic mass is 10.2. The molecule has 0 atom stereocenters. The average Bonchev–Trinajstić information content (AvgIpc) is 3.22. The zero-order chi connectivity index (χ0) is 15.4. The standard InChI is InChI=1S/C13H13Cl2N3O3/c1-21-11-9(14)4-7(5-10(11)15)6-16-18-13(20)12(19)17-8-2-3-8/h4-6,8H,2-3H2,1H3,(H,17,19)(H,18,20)/b16-6-. The quantitative estimate of drug-likeness (QED) is 0.501. The minimum atomic E-state index is -0.816. The Hall–Kier alpha value is -1.79. The van der Waals surface area contributed by atoms with Crippen molar-refractivity contribution < 1.29 is 14.3 Å². The highest BCUT2D eigenvalue weighted by molar-refractivity contribution is 6.37. The van der Waals surface area contributed by atoms with Crippen molar-refractivity contribution in [3.8, 4) is 5.75 Å². The van der Waals surface area contributed by atoms with E-state index in [1.807, 2.05) is 0 Å². The van der Waals surface area contributed by atoms with Crippen molar-refractivity contribution in [3.63, 3.8) is 0 Å². The first-order valence-electron chi connectivity index (χ1n) is 6.18. The number of rotatable bonds is 4. The van der Waals surface area contributed by atoms with Crippen molar-refractivity contribution in [3.05, 3.63) is 27.7 Å². The second kappa shape index (κ2) is 6.78. The van der Waals surface area contributed by atoms with E-state index in [9.17, 15) is 9.59 Å². The Kier molecular flexibility index (Phi) is 5.03. The normalized spacial score (nSPS) is 14.0. The summed E-state index contributed by atoms with van der Waals surface area (Å²) in [6.45, 7) is 0. The Morgan fingerprint density at radius 1 is 1.29 bits per heavy atom. The molecule has 1 saturated carbocycles. The van der Waals surface area contributed by atoms with Crippen molar-refractivity contribution in [2.75, 3.05) is 7.11 Å². The van der Waals surface area contributed by atoms with Crippen LogP contribution in [-0.4, -0.2) is 31.2 Å². The van der Waals surface area contributed by atoms with Gasteiger partial charge in [0.1, 0.15) is 0 Å². The number of ether oxygens (including phenoxy) is 1. The molecule has 0 spiro atoms. The molecule has 0 aliphatic heterocycles. The summed E-state index contributed by atoms with van der Waals surface area (Å²) in [5.74, 6) is -1.15. The predicted octanol–water partition coefficient (Wildman–Crippen LogP) is 1.73. The molecular weight excluding hydrogens is 317 g/mol. The molecule has 0 bridgehead atoms. The Labute approximate surface area is 131 Å². The van der Waals surface area contributed by atoms with Crippen LogP contribution in [0.25, 0.3) is 0 Å². The van der Waals surface area contributed by atoms with Gasteiger partial charge in [-0.05, 0) is 30.5 Å². The summed E-state index contributed by atoms with van der Waals surface area (Å²) in [6, 6.07) is 3.27. The molecule has 2 rings (SSSR count). The highest BCUT2D eigenvalue weighted by Crippen LogP contribution is 2.33. The van der Waals surface area contributed by atoms with Crippen LogP contribution in [0.4, 0.5) is 0 Å². The van der Waals surface area contributed by atoms with Gasteiger partial charge in [0, 0.05) is 6.04 Å². The van der Waals surface area contributed by atoms with Gasteiger partial charge < -0.3 is 10.1 Å². The molecule has 112 valence electrons. The topological polar surface area (TPSA) is 79.8 Å². The summed E-state index contributed by atoms with van der Waals surface area (Å²) in [4.78, 5) is 22.8. The van der Waals surface area contributed by atoms with Gasteiger partial charge in [-0.1, -0.05) is 23.2 Å². The number of hydrogen-bond donors (Lipinski definition) is 2. The van der Waals surface area contributed by atoms with Gasteiger partial charge in [0.25, 0.3) is 0 Å². The molecule has 6 nitrogen and oxygen atoms in total. The van der Waals surface area contributed by atoms with E-state index in [-0.39, 0.29) is 6.04 Å². The van der Waals surface area contributed by atoms with Crippen molar-refractivity contribution in [2.24, 2.45) is 5.10 Å². The molecule has 1 aliphatic carbocycles. The van der Waals surface area contributed by atoms with Crippen LogP contribution in [0.2, 0.25) is 10.0 Å². The van der Waals surface area contributed by atoms with Crippen LogP contribution in [0.5, 0.6) is 5.75 Å². The maximum Gasteiger partial charge on any atom is 0.329 e. The van der Waals surface area contributed by atoms with Gasteiger partial charge in [-0.3, -0.25) is 9.59 Å². The van der Waals surface area contributed by atoms with Gasteiger partial charge in [-0.15, -0.1) is 0 Å². The number of halogens is 2. The summed E-state index contributed by atoms with van der Waals surface area (Å²) in [7, 11) is 1.46. The molecule has 0 radical (unpaired) electrons. The number of benzene rings is 1. The third-order valence-corrected chi connectivity index (χ3v) is 3.28. The van der Waals surface area contributed by atoms with Crippen LogP contribution in [-0.2, 0) is 9.59 Å². The van der Waals surface area contributed by atoms with Crippen LogP contribution >= 0.6 is 23.2 Å². The lowest BCUT2D eigenvalue weighted by molar-refractivity contribution is -0.139. The van der Waals surface area contributed by atoms with Gasteiger partial charge in [-0.2, -0.15) is 5.10 Å². The first kappa shape index (κ1) is 15.6. The predicted molar refractivity (Wildman–Crippen MR) is 79.9 cm³/mol. The minimum Gasteiger partial charge on any atom is -0.494 e. The lowest BCUT2D eigenvalue weighted by Gasteiger charge is -2.06. The summed E-state index contributed by atoms with van der Waals surface area (Å²) in [6.07, 6.45) is 3.15. The number of methoxy groups -OCH3 is 1. The van der Waals surface area contributed by atoms with Gasteiger partial charge in [0.2, 0.25) is 0 Å². The number of nitrogens with zero attached hydrogens (tertiary/aromatic N) is 1. The van der Waals surface area contributed by atoms with E-state index >= 15 is 0 Å². The monoisotopic (exact) mass is 329 g/mol. The van der Waals surface area contributed by atoms with E-state index in [1.54, 1.807) is 12.1 Å². The van der Waals surface area contributed by atoms with E-state index in [4.69, 9.17) is 27.9 Å². The van der Waals surface area contributed by atoms with E-state index in [0.717, 1.165) is 12.8 Å². The highest BCUT2D eigenvalue weighted by atomic mass is 35.5. The van der Waals surface area contributed by atoms with Crippen LogP contribution in [0.15, 0.2) is 17.2 Å². The zero-order valence-electron chi connectivity index (χ0n) is 11.2. The first-order chi connectivity index (χ1) is 10.0. The van der Waals surface area contributed by atoms with Gasteiger partial charge in [-0.25, -0.2) is 5.43 Å². The largest absolute Gasteiger partial charge is 0.494 e. The minimum absolute atomic E-state index is 0.117. The summed E-state index contributed by atoms with van der Waals surface area (Å²) in [5, 5.41) is 6.88. The third kappa shape index (κ3) is 4.34. The molecule has 8 heteroatoms. The average molecular weight is 330 g/mol. The van der Waals surface area contributed by atoms with E-state index < -0.39 is 11.8 Å². The molecule has 0 unspecified atom stereocenters. The summed E-state index contributed by atoms with van der Waals surface area (Å²) in [5.41, 5.74) is 2.70. The van der Waals surface area contributed by atoms with E-state index in [1.165, 1.54) is 13.3 Å². The fourth-order valence-corrected chi connectivity index (χ4v) is 2.20. The Balaban J connectivity index is 1.94.